The fraction of sp³-hybridized carbons (Fsp3) is 0.462. The molecule has 2 aromatic heterocycles. The smallest absolute Gasteiger partial charge is 0.252 e. The summed E-state index contributed by atoms with van der Waals surface area (Å²) < 4.78 is 6.93. The number of rotatable bonds is 2. The Hall–Kier alpha value is -1.65. The number of aromatic amines is 1. The van der Waals surface area contributed by atoms with Crippen LogP contribution < -0.4 is 5.56 Å². The maximum absolute atomic E-state index is 11.6. The minimum atomic E-state index is -1.24. The highest BCUT2D eigenvalue weighted by Crippen LogP contribution is 2.29. The van der Waals surface area contributed by atoms with Gasteiger partial charge in [0, 0.05) is 17.1 Å². The summed E-state index contributed by atoms with van der Waals surface area (Å²) >= 11 is 5.15. The Bertz CT molecular complexity index is 833. The summed E-state index contributed by atoms with van der Waals surface area (Å²) in [4.78, 5) is 18.3. The van der Waals surface area contributed by atoms with Gasteiger partial charge >= 0.3 is 0 Å². The number of pyridine rings is 1. The van der Waals surface area contributed by atoms with Gasteiger partial charge in [-0.2, -0.15) is 0 Å². The van der Waals surface area contributed by atoms with E-state index in [9.17, 15) is 15.0 Å². The molecule has 3 heterocycles. The monoisotopic (exact) mass is 325 g/mol. The zero-order valence-electron chi connectivity index (χ0n) is 11.6. The fourth-order valence-electron chi connectivity index (χ4n) is 2.49. The van der Waals surface area contributed by atoms with E-state index in [1.54, 1.807) is 19.2 Å². The zero-order valence-corrected chi connectivity index (χ0v) is 12.4. The maximum Gasteiger partial charge on any atom is 0.252 e. The molecule has 4 atom stereocenters. The number of aliphatic hydroxyl groups is 3. The fourth-order valence-corrected chi connectivity index (χ4v) is 2.73. The molecule has 9 heteroatoms. The van der Waals surface area contributed by atoms with Gasteiger partial charge in [0.2, 0.25) is 4.77 Å². The van der Waals surface area contributed by atoms with Crippen molar-refractivity contribution in [3.05, 3.63) is 33.0 Å². The summed E-state index contributed by atoms with van der Waals surface area (Å²) in [5, 5.41) is 29.6. The summed E-state index contributed by atoms with van der Waals surface area (Å²) in [5.41, 5.74) is 0.600. The normalized spacial score (nSPS) is 28.4. The number of aliphatic hydroxyl groups excluding tert-OH is 3. The predicted molar refractivity (Wildman–Crippen MR) is 78.9 cm³/mol. The summed E-state index contributed by atoms with van der Waals surface area (Å²) in [5.74, 6) is 0. The highest BCUT2D eigenvalue weighted by molar-refractivity contribution is 7.71. The molecule has 8 nitrogen and oxygen atoms in total. The van der Waals surface area contributed by atoms with Gasteiger partial charge in [-0.25, -0.2) is 4.98 Å². The highest BCUT2D eigenvalue weighted by atomic mass is 32.1. The van der Waals surface area contributed by atoms with E-state index in [4.69, 9.17) is 22.1 Å². The minimum Gasteiger partial charge on any atom is -0.394 e. The third kappa shape index (κ3) is 2.36. The number of hydrogen-bond donors (Lipinski definition) is 4. The molecule has 1 saturated heterocycles. The first-order chi connectivity index (χ1) is 10.4. The molecular weight excluding hydrogens is 310 g/mol. The van der Waals surface area contributed by atoms with Gasteiger partial charge in [-0.15, -0.1) is 0 Å². The summed E-state index contributed by atoms with van der Waals surface area (Å²) in [6.45, 7) is 1.24. The average molecular weight is 325 g/mol. The van der Waals surface area contributed by atoms with Gasteiger partial charge in [-0.1, -0.05) is 0 Å². The van der Waals surface area contributed by atoms with E-state index in [1.807, 2.05) is 0 Å². The highest BCUT2D eigenvalue weighted by Gasteiger charge is 2.43. The van der Waals surface area contributed by atoms with Crippen molar-refractivity contribution in [1.82, 2.24) is 14.5 Å². The second-order valence-electron chi connectivity index (χ2n) is 5.25. The molecule has 4 N–H and O–H groups in total. The molecule has 0 saturated carbocycles. The molecule has 3 rings (SSSR count). The van der Waals surface area contributed by atoms with Gasteiger partial charge in [0.15, 0.2) is 6.23 Å². The lowest BCUT2D eigenvalue weighted by Gasteiger charge is -2.18. The Labute approximate surface area is 129 Å². The first-order valence-electron chi connectivity index (χ1n) is 6.67. The molecule has 0 bridgehead atoms. The van der Waals surface area contributed by atoms with Gasteiger partial charge in [0.05, 0.1) is 6.61 Å². The minimum absolute atomic E-state index is 0.0850. The van der Waals surface area contributed by atoms with E-state index < -0.39 is 31.1 Å². The molecule has 0 radical (unpaired) electrons. The van der Waals surface area contributed by atoms with Crippen molar-refractivity contribution >= 4 is 23.3 Å². The number of H-pyrrole nitrogens is 1. The van der Waals surface area contributed by atoms with E-state index in [0.717, 1.165) is 0 Å². The quantitative estimate of drug-likeness (QED) is 0.543. The Morgan fingerprint density at radius 2 is 2.18 bits per heavy atom. The number of nitrogens with one attached hydrogen (secondary N) is 1. The van der Waals surface area contributed by atoms with Crippen LogP contribution in [-0.4, -0.2) is 54.8 Å². The van der Waals surface area contributed by atoms with Crippen LogP contribution in [0, 0.1) is 11.7 Å². The van der Waals surface area contributed by atoms with Crippen molar-refractivity contribution in [3.8, 4) is 0 Å². The van der Waals surface area contributed by atoms with Crippen molar-refractivity contribution in [1.29, 1.82) is 0 Å². The van der Waals surface area contributed by atoms with E-state index in [0.29, 0.717) is 16.6 Å². The lowest BCUT2D eigenvalue weighted by molar-refractivity contribution is -0.0538. The summed E-state index contributed by atoms with van der Waals surface area (Å²) in [6.07, 6.45) is -2.72. The van der Waals surface area contributed by atoms with Crippen molar-refractivity contribution < 1.29 is 20.1 Å². The number of fused-ring (bicyclic) bond motifs is 1. The van der Waals surface area contributed by atoms with Crippen LogP contribution in [0.5, 0.6) is 0 Å². The molecule has 4 unspecified atom stereocenters. The van der Waals surface area contributed by atoms with Crippen molar-refractivity contribution in [2.75, 3.05) is 6.61 Å². The third-order valence-electron chi connectivity index (χ3n) is 3.73. The Kier molecular flexibility index (Phi) is 3.83. The van der Waals surface area contributed by atoms with Gasteiger partial charge < -0.3 is 25.0 Å². The van der Waals surface area contributed by atoms with Crippen LogP contribution in [0.1, 0.15) is 11.8 Å². The summed E-state index contributed by atoms with van der Waals surface area (Å²) in [6, 6.07) is 1.65. The number of nitrogens with zero attached hydrogens (tertiary/aromatic N) is 2. The average Bonchev–Trinajstić information content (AvgIpc) is 2.76. The predicted octanol–water partition coefficient (Wildman–Crippen LogP) is -0.626. The van der Waals surface area contributed by atoms with Crippen LogP contribution in [0.15, 0.2) is 17.1 Å². The largest absolute Gasteiger partial charge is 0.394 e. The molecule has 0 amide bonds. The number of hydrogen-bond acceptors (Lipinski definition) is 7. The lowest BCUT2D eigenvalue weighted by atomic mass is 10.1. The second-order valence-corrected chi connectivity index (χ2v) is 5.61. The van der Waals surface area contributed by atoms with Crippen molar-refractivity contribution in [2.24, 2.45) is 0 Å². The molecule has 0 aromatic carbocycles. The van der Waals surface area contributed by atoms with Crippen LogP contribution >= 0.6 is 12.2 Å². The van der Waals surface area contributed by atoms with Crippen LogP contribution in [0.3, 0.4) is 0 Å². The summed E-state index contributed by atoms with van der Waals surface area (Å²) in [7, 11) is 0. The maximum atomic E-state index is 11.6. The van der Waals surface area contributed by atoms with Crippen LogP contribution in [0.4, 0.5) is 0 Å². The molecule has 0 aliphatic carbocycles. The Morgan fingerprint density at radius 3 is 2.82 bits per heavy atom. The van der Waals surface area contributed by atoms with E-state index >= 15 is 0 Å². The zero-order chi connectivity index (χ0) is 16.0. The van der Waals surface area contributed by atoms with Crippen molar-refractivity contribution in [3.63, 3.8) is 0 Å². The van der Waals surface area contributed by atoms with Gasteiger partial charge in [0.1, 0.15) is 24.0 Å². The second kappa shape index (κ2) is 5.52. The lowest BCUT2D eigenvalue weighted by Crippen LogP contribution is -2.33. The molecule has 118 valence electrons. The van der Waals surface area contributed by atoms with Crippen LogP contribution in [-0.2, 0) is 4.74 Å². The van der Waals surface area contributed by atoms with E-state index in [-0.39, 0.29) is 10.3 Å². The molecule has 1 aliphatic heterocycles. The number of aromatic nitrogens is 3. The van der Waals surface area contributed by atoms with Gasteiger partial charge in [0.25, 0.3) is 5.56 Å². The molecule has 1 fully saturated rings. The number of ether oxygens (including phenoxy) is 1. The Morgan fingerprint density at radius 1 is 1.45 bits per heavy atom. The van der Waals surface area contributed by atoms with Gasteiger partial charge in [-0.05, 0) is 25.2 Å². The van der Waals surface area contributed by atoms with E-state index in [1.165, 1.54) is 4.57 Å². The van der Waals surface area contributed by atoms with Crippen LogP contribution in [0.2, 0.25) is 0 Å². The first kappa shape index (κ1) is 15.3. The SMILES string of the molecule is Cc1cc2cn(C3OC(CO)C(O)C3O)c(=S)nc2[nH]c1=O. The number of aryl methyl sites for hydroxylation is 1. The molecule has 22 heavy (non-hydrogen) atoms. The Balaban J connectivity index is 2.12. The molecular formula is C13H15N3O5S. The standard InChI is InChI=1S/C13H15N3O5S/c1-5-2-6-3-16(13(22)15-10(6)14-11(5)20)12-9(19)8(18)7(4-17)21-12/h2-3,7-9,12,17-19H,4H2,1H3,(H,14,15,20,22). The van der Waals surface area contributed by atoms with Gasteiger partial charge in [-0.3, -0.25) is 9.36 Å². The first-order valence-corrected chi connectivity index (χ1v) is 7.08. The third-order valence-corrected chi connectivity index (χ3v) is 4.04. The molecule has 2 aromatic rings. The van der Waals surface area contributed by atoms with E-state index in [2.05, 4.69) is 9.97 Å². The molecule has 0 spiro atoms. The van der Waals surface area contributed by atoms with Crippen molar-refractivity contribution in [2.45, 2.75) is 31.5 Å². The van der Waals surface area contributed by atoms with Crippen LogP contribution in [0.25, 0.3) is 11.0 Å². The molecule has 1 aliphatic rings. The topological polar surface area (TPSA) is 121 Å².